The number of benzene rings is 1. The SMILES string of the molecule is CCCCOc1ccc(C(CC(C)C)C(=O)OCC)cc1. The Labute approximate surface area is 128 Å². The van der Waals surface area contributed by atoms with Gasteiger partial charge < -0.3 is 9.47 Å². The summed E-state index contributed by atoms with van der Waals surface area (Å²) in [5, 5.41) is 0. The largest absolute Gasteiger partial charge is 0.494 e. The molecule has 1 rings (SSSR count). The van der Waals surface area contributed by atoms with Crippen molar-refractivity contribution in [2.75, 3.05) is 13.2 Å². The Balaban J connectivity index is 2.75. The van der Waals surface area contributed by atoms with Crippen LogP contribution >= 0.6 is 0 Å². The molecule has 0 fully saturated rings. The summed E-state index contributed by atoms with van der Waals surface area (Å²) >= 11 is 0. The second kappa shape index (κ2) is 9.43. The van der Waals surface area contributed by atoms with Crippen LogP contribution in [0.2, 0.25) is 0 Å². The van der Waals surface area contributed by atoms with Crippen molar-refractivity contribution in [2.24, 2.45) is 5.92 Å². The summed E-state index contributed by atoms with van der Waals surface area (Å²) in [4.78, 5) is 12.1. The van der Waals surface area contributed by atoms with Crippen molar-refractivity contribution in [3.63, 3.8) is 0 Å². The smallest absolute Gasteiger partial charge is 0.313 e. The summed E-state index contributed by atoms with van der Waals surface area (Å²) in [6.07, 6.45) is 2.98. The fourth-order valence-corrected chi connectivity index (χ4v) is 2.21. The van der Waals surface area contributed by atoms with Crippen LogP contribution in [0.5, 0.6) is 5.75 Å². The monoisotopic (exact) mass is 292 g/mol. The molecule has 1 aromatic rings. The van der Waals surface area contributed by atoms with Gasteiger partial charge in [0.15, 0.2) is 0 Å². The third-order valence-electron chi connectivity index (χ3n) is 3.33. The summed E-state index contributed by atoms with van der Waals surface area (Å²) < 4.78 is 10.9. The molecule has 0 saturated heterocycles. The lowest BCUT2D eigenvalue weighted by atomic mass is 9.90. The summed E-state index contributed by atoms with van der Waals surface area (Å²) in [7, 11) is 0. The quantitative estimate of drug-likeness (QED) is 0.494. The Morgan fingerprint density at radius 3 is 2.33 bits per heavy atom. The van der Waals surface area contributed by atoms with E-state index in [4.69, 9.17) is 9.47 Å². The molecule has 1 atom stereocenters. The second-order valence-electron chi connectivity index (χ2n) is 5.71. The van der Waals surface area contributed by atoms with E-state index in [1.807, 2.05) is 31.2 Å². The fraction of sp³-hybridized carbons (Fsp3) is 0.611. The lowest BCUT2D eigenvalue weighted by Crippen LogP contribution is -2.18. The Hall–Kier alpha value is -1.51. The molecule has 0 amide bonds. The van der Waals surface area contributed by atoms with Crippen molar-refractivity contribution in [3.05, 3.63) is 29.8 Å². The lowest BCUT2D eigenvalue weighted by Gasteiger charge is -2.18. The number of carbonyl (C=O) groups is 1. The predicted molar refractivity (Wildman–Crippen MR) is 85.7 cm³/mol. The molecule has 3 heteroatoms. The zero-order valence-electron chi connectivity index (χ0n) is 13.7. The van der Waals surface area contributed by atoms with Crippen molar-refractivity contribution < 1.29 is 14.3 Å². The van der Waals surface area contributed by atoms with E-state index in [1.54, 1.807) is 0 Å². The molecule has 0 bridgehead atoms. The topological polar surface area (TPSA) is 35.5 Å². The molecule has 0 radical (unpaired) electrons. The van der Waals surface area contributed by atoms with Gasteiger partial charge >= 0.3 is 5.97 Å². The number of hydrogen-bond donors (Lipinski definition) is 0. The van der Waals surface area contributed by atoms with E-state index in [0.29, 0.717) is 12.5 Å². The van der Waals surface area contributed by atoms with E-state index >= 15 is 0 Å². The van der Waals surface area contributed by atoms with Crippen molar-refractivity contribution in [1.29, 1.82) is 0 Å². The van der Waals surface area contributed by atoms with Gasteiger partial charge in [0.25, 0.3) is 0 Å². The minimum atomic E-state index is -0.186. The number of unbranched alkanes of at least 4 members (excludes halogenated alkanes) is 1. The molecule has 3 nitrogen and oxygen atoms in total. The van der Waals surface area contributed by atoms with E-state index in [0.717, 1.165) is 37.2 Å². The molecule has 1 aromatic carbocycles. The van der Waals surface area contributed by atoms with Gasteiger partial charge in [-0.15, -0.1) is 0 Å². The molecule has 0 aliphatic carbocycles. The molecule has 0 aliphatic heterocycles. The van der Waals surface area contributed by atoms with Crippen LogP contribution in [0.15, 0.2) is 24.3 Å². The van der Waals surface area contributed by atoms with Crippen molar-refractivity contribution >= 4 is 5.97 Å². The summed E-state index contributed by atoms with van der Waals surface area (Å²) in [5.41, 5.74) is 1.00. The first kappa shape index (κ1) is 17.5. The van der Waals surface area contributed by atoms with Gasteiger partial charge in [-0.05, 0) is 43.4 Å². The van der Waals surface area contributed by atoms with Crippen molar-refractivity contribution in [1.82, 2.24) is 0 Å². The molecule has 0 aliphatic rings. The first-order valence-electron chi connectivity index (χ1n) is 7.97. The van der Waals surface area contributed by atoms with E-state index in [-0.39, 0.29) is 11.9 Å². The molecule has 0 N–H and O–H groups in total. The molecule has 118 valence electrons. The predicted octanol–water partition coefficient (Wildman–Crippen LogP) is 4.56. The molecule has 0 saturated carbocycles. The summed E-state index contributed by atoms with van der Waals surface area (Å²) in [6.45, 7) is 9.38. The van der Waals surface area contributed by atoms with Crippen LogP contribution in [0.25, 0.3) is 0 Å². The third-order valence-corrected chi connectivity index (χ3v) is 3.33. The number of carbonyl (C=O) groups excluding carboxylic acids is 1. The molecule has 0 spiro atoms. The minimum Gasteiger partial charge on any atom is -0.494 e. The van der Waals surface area contributed by atoms with Crippen molar-refractivity contribution in [3.8, 4) is 5.75 Å². The molecular formula is C18H28O3. The average Bonchev–Trinajstić information content (AvgIpc) is 2.46. The number of esters is 1. The first-order valence-corrected chi connectivity index (χ1v) is 7.97. The van der Waals surface area contributed by atoms with E-state index in [9.17, 15) is 4.79 Å². The number of rotatable bonds is 9. The molecular weight excluding hydrogens is 264 g/mol. The highest BCUT2D eigenvalue weighted by Crippen LogP contribution is 2.27. The van der Waals surface area contributed by atoms with Gasteiger partial charge in [-0.1, -0.05) is 39.3 Å². The van der Waals surface area contributed by atoms with E-state index in [1.165, 1.54) is 0 Å². The maximum atomic E-state index is 12.1. The molecule has 0 heterocycles. The van der Waals surface area contributed by atoms with Gasteiger partial charge in [0, 0.05) is 0 Å². The van der Waals surface area contributed by atoms with Gasteiger partial charge in [-0.2, -0.15) is 0 Å². The van der Waals surface area contributed by atoms with Gasteiger partial charge in [0.2, 0.25) is 0 Å². The van der Waals surface area contributed by atoms with Crippen LogP contribution in [0.4, 0.5) is 0 Å². The maximum Gasteiger partial charge on any atom is 0.313 e. The summed E-state index contributed by atoms with van der Waals surface area (Å²) in [5.74, 6) is 0.986. The van der Waals surface area contributed by atoms with Crippen LogP contribution in [0, 0.1) is 5.92 Å². The highest BCUT2D eigenvalue weighted by molar-refractivity contribution is 5.78. The Morgan fingerprint density at radius 1 is 1.14 bits per heavy atom. The number of ether oxygens (including phenoxy) is 2. The van der Waals surface area contributed by atoms with Crippen LogP contribution in [-0.2, 0) is 9.53 Å². The average molecular weight is 292 g/mol. The molecule has 21 heavy (non-hydrogen) atoms. The molecule has 0 aromatic heterocycles. The van der Waals surface area contributed by atoms with E-state index in [2.05, 4.69) is 20.8 Å². The first-order chi connectivity index (χ1) is 10.1. The lowest BCUT2D eigenvalue weighted by molar-refractivity contribution is -0.145. The van der Waals surface area contributed by atoms with Crippen molar-refractivity contribution in [2.45, 2.75) is 52.9 Å². The Kier molecular flexibility index (Phi) is 7.88. The van der Waals surface area contributed by atoms with Crippen LogP contribution < -0.4 is 4.74 Å². The van der Waals surface area contributed by atoms with Gasteiger partial charge in [0.05, 0.1) is 19.1 Å². The maximum absolute atomic E-state index is 12.1. The number of hydrogen-bond acceptors (Lipinski definition) is 3. The zero-order valence-corrected chi connectivity index (χ0v) is 13.7. The van der Waals surface area contributed by atoms with Gasteiger partial charge in [-0.3, -0.25) is 4.79 Å². The Bertz CT molecular complexity index is 409. The van der Waals surface area contributed by atoms with Crippen LogP contribution in [0.3, 0.4) is 0 Å². The standard InChI is InChI=1S/C18H28O3/c1-5-7-12-21-16-10-8-15(9-11-16)17(13-14(3)4)18(19)20-6-2/h8-11,14,17H,5-7,12-13H2,1-4H3. The Morgan fingerprint density at radius 2 is 1.81 bits per heavy atom. The fourth-order valence-electron chi connectivity index (χ4n) is 2.21. The van der Waals surface area contributed by atoms with Crippen LogP contribution in [-0.4, -0.2) is 19.2 Å². The highest BCUT2D eigenvalue weighted by Gasteiger charge is 2.23. The normalized spacial score (nSPS) is 12.2. The zero-order chi connectivity index (χ0) is 15.7. The third kappa shape index (κ3) is 6.19. The molecule has 1 unspecified atom stereocenters. The van der Waals surface area contributed by atoms with Crippen LogP contribution in [0.1, 0.15) is 58.4 Å². The van der Waals surface area contributed by atoms with Gasteiger partial charge in [0.1, 0.15) is 5.75 Å². The highest BCUT2D eigenvalue weighted by atomic mass is 16.5. The summed E-state index contributed by atoms with van der Waals surface area (Å²) in [6, 6.07) is 7.84. The second-order valence-corrected chi connectivity index (χ2v) is 5.71. The van der Waals surface area contributed by atoms with Gasteiger partial charge in [-0.25, -0.2) is 0 Å². The minimum absolute atomic E-state index is 0.133. The van der Waals surface area contributed by atoms with E-state index < -0.39 is 0 Å².